The third kappa shape index (κ3) is 2.63. The summed E-state index contributed by atoms with van der Waals surface area (Å²) in [5, 5.41) is 18.8. The number of hydrogen-bond acceptors (Lipinski definition) is 5. The summed E-state index contributed by atoms with van der Waals surface area (Å²) in [6, 6.07) is 14.6. The molecule has 2 aromatic rings. The van der Waals surface area contributed by atoms with E-state index < -0.39 is 11.0 Å². The standard InChI is InChI=1S/C16H13N3O3/c20-16(12-4-2-1-3-5-12)15-14(10-17-18-15)11-6-8-13(9-7-11)19(21)22/h1-9,14-15H,10H2/t14-,15+/m1/s1. The van der Waals surface area contributed by atoms with Crippen LogP contribution in [-0.2, 0) is 0 Å². The molecule has 0 fully saturated rings. The Morgan fingerprint density at radius 2 is 1.77 bits per heavy atom. The molecule has 22 heavy (non-hydrogen) atoms. The SMILES string of the molecule is O=C(c1ccccc1)[C@H]1N=NC[C@@H]1c1ccc([N+](=O)[O-])cc1. The molecule has 2 aromatic carbocycles. The van der Waals surface area contributed by atoms with Gasteiger partial charge in [-0.2, -0.15) is 10.2 Å². The fourth-order valence-corrected chi connectivity index (χ4v) is 2.54. The topological polar surface area (TPSA) is 84.9 Å². The fourth-order valence-electron chi connectivity index (χ4n) is 2.54. The minimum absolute atomic E-state index is 0.0292. The number of non-ortho nitro benzene ring substituents is 1. The molecule has 0 spiro atoms. The van der Waals surface area contributed by atoms with Crippen molar-refractivity contribution in [1.82, 2.24) is 0 Å². The van der Waals surface area contributed by atoms with E-state index in [1.807, 2.05) is 6.07 Å². The van der Waals surface area contributed by atoms with E-state index in [1.165, 1.54) is 12.1 Å². The summed E-state index contributed by atoms with van der Waals surface area (Å²) >= 11 is 0. The van der Waals surface area contributed by atoms with Gasteiger partial charge in [-0.1, -0.05) is 42.5 Å². The van der Waals surface area contributed by atoms with E-state index in [4.69, 9.17) is 0 Å². The largest absolute Gasteiger partial charge is 0.292 e. The number of nitrogens with zero attached hydrogens (tertiary/aromatic N) is 3. The second kappa shape index (κ2) is 5.85. The minimum Gasteiger partial charge on any atom is -0.292 e. The van der Waals surface area contributed by atoms with Crippen LogP contribution in [0.5, 0.6) is 0 Å². The highest BCUT2D eigenvalue weighted by Gasteiger charge is 2.34. The average molecular weight is 295 g/mol. The Kier molecular flexibility index (Phi) is 3.74. The smallest absolute Gasteiger partial charge is 0.269 e. The number of azo groups is 1. The predicted molar refractivity (Wildman–Crippen MR) is 80.1 cm³/mol. The molecule has 0 saturated heterocycles. The number of carbonyl (C=O) groups is 1. The minimum atomic E-state index is -0.566. The normalized spacial score (nSPS) is 20.0. The van der Waals surface area contributed by atoms with Crippen LogP contribution >= 0.6 is 0 Å². The Morgan fingerprint density at radius 3 is 2.41 bits per heavy atom. The van der Waals surface area contributed by atoms with Crippen molar-refractivity contribution in [2.75, 3.05) is 6.54 Å². The highest BCUT2D eigenvalue weighted by molar-refractivity contribution is 6.01. The second-order valence-corrected chi connectivity index (χ2v) is 5.07. The molecule has 0 N–H and O–H groups in total. The van der Waals surface area contributed by atoms with Crippen molar-refractivity contribution >= 4 is 11.5 Å². The molecule has 0 radical (unpaired) electrons. The van der Waals surface area contributed by atoms with Gasteiger partial charge in [-0.05, 0) is 5.56 Å². The van der Waals surface area contributed by atoms with Crippen LogP contribution in [0.25, 0.3) is 0 Å². The number of benzene rings is 2. The van der Waals surface area contributed by atoms with E-state index in [0.717, 1.165) is 5.56 Å². The number of nitro groups is 1. The van der Waals surface area contributed by atoms with Crippen LogP contribution in [-0.4, -0.2) is 23.3 Å². The number of Topliss-reactive ketones (excluding diaryl/α,β-unsaturated/α-hetero) is 1. The zero-order chi connectivity index (χ0) is 15.5. The van der Waals surface area contributed by atoms with Crippen LogP contribution < -0.4 is 0 Å². The van der Waals surface area contributed by atoms with Gasteiger partial charge in [-0.3, -0.25) is 14.9 Å². The third-order valence-electron chi connectivity index (χ3n) is 3.72. The Morgan fingerprint density at radius 1 is 1.09 bits per heavy atom. The van der Waals surface area contributed by atoms with E-state index in [0.29, 0.717) is 12.1 Å². The van der Waals surface area contributed by atoms with E-state index in [9.17, 15) is 14.9 Å². The van der Waals surface area contributed by atoms with Gasteiger partial charge >= 0.3 is 0 Å². The Hall–Kier alpha value is -2.89. The molecule has 0 unspecified atom stereocenters. The number of carbonyl (C=O) groups excluding carboxylic acids is 1. The molecular weight excluding hydrogens is 282 g/mol. The summed E-state index contributed by atoms with van der Waals surface area (Å²) in [5.41, 5.74) is 1.46. The molecule has 0 aliphatic carbocycles. The van der Waals surface area contributed by atoms with Crippen LogP contribution in [0.2, 0.25) is 0 Å². The van der Waals surface area contributed by atoms with E-state index >= 15 is 0 Å². The summed E-state index contributed by atoms with van der Waals surface area (Å²) < 4.78 is 0. The molecule has 6 nitrogen and oxygen atoms in total. The molecule has 2 atom stereocenters. The van der Waals surface area contributed by atoms with Gasteiger partial charge in [0.2, 0.25) is 0 Å². The maximum absolute atomic E-state index is 12.5. The van der Waals surface area contributed by atoms with Crippen molar-refractivity contribution in [2.24, 2.45) is 10.2 Å². The highest BCUT2D eigenvalue weighted by atomic mass is 16.6. The molecule has 0 saturated carbocycles. The predicted octanol–water partition coefficient (Wildman–Crippen LogP) is 3.40. The summed E-state index contributed by atoms with van der Waals surface area (Å²) in [6.45, 7) is 0.418. The van der Waals surface area contributed by atoms with Crippen LogP contribution in [0.15, 0.2) is 64.8 Å². The highest BCUT2D eigenvalue weighted by Crippen LogP contribution is 2.31. The molecule has 0 amide bonds. The second-order valence-electron chi connectivity index (χ2n) is 5.07. The first-order valence-electron chi connectivity index (χ1n) is 6.87. The molecule has 6 heteroatoms. The number of rotatable bonds is 4. The van der Waals surface area contributed by atoms with Crippen molar-refractivity contribution in [2.45, 2.75) is 12.0 Å². The van der Waals surface area contributed by atoms with E-state index in [-0.39, 0.29) is 17.4 Å². The third-order valence-corrected chi connectivity index (χ3v) is 3.72. The van der Waals surface area contributed by atoms with Gasteiger partial charge in [0.05, 0.1) is 11.5 Å². The quantitative estimate of drug-likeness (QED) is 0.492. The maximum atomic E-state index is 12.5. The molecule has 1 aliphatic heterocycles. The summed E-state index contributed by atoms with van der Waals surface area (Å²) in [4.78, 5) is 22.8. The van der Waals surface area contributed by atoms with Crippen molar-refractivity contribution < 1.29 is 9.72 Å². The molecule has 3 rings (SSSR count). The summed E-state index contributed by atoms with van der Waals surface area (Å²) in [6.07, 6.45) is 0. The van der Waals surface area contributed by atoms with Gasteiger partial charge in [0, 0.05) is 23.6 Å². The summed E-state index contributed by atoms with van der Waals surface area (Å²) in [7, 11) is 0. The van der Waals surface area contributed by atoms with Crippen LogP contribution in [0.3, 0.4) is 0 Å². The Balaban J connectivity index is 1.85. The number of ketones is 1. The maximum Gasteiger partial charge on any atom is 0.269 e. The fraction of sp³-hybridized carbons (Fsp3) is 0.188. The lowest BCUT2D eigenvalue weighted by Gasteiger charge is -2.15. The van der Waals surface area contributed by atoms with E-state index in [2.05, 4.69) is 10.2 Å². The van der Waals surface area contributed by atoms with Gasteiger partial charge in [0.25, 0.3) is 5.69 Å². The Labute approximate surface area is 126 Å². The zero-order valence-corrected chi connectivity index (χ0v) is 11.6. The molecule has 1 heterocycles. The van der Waals surface area contributed by atoms with Crippen molar-refractivity contribution in [1.29, 1.82) is 0 Å². The van der Waals surface area contributed by atoms with E-state index in [1.54, 1.807) is 36.4 Å². The summed E-state index contributed by atoms with van der Waals surface area (Å²) in [5.74, 6) is -0.251. The van der Waals surface area contributed by atoms with Crippen LogP contribution in [0.1, 0.15) is 21.8 Å². The molecule has 1 aliphatic rings. The molecule has 0 aromatic heterocycles. The molecule has 0 bridgehead atoms. The average Bonchev–Trinajstić information content (AvgIpc) is 3.04. The van der Waals surface area contributed by atoms with Gasteiger partial charge in [-0.25, -0.2) is 0 Å². The van der Waals surface area contributed by atoms with Crippen LogP contribution in [0, 0.1) is 10.1 Å². The first-order valence-corrected chi connectivity index (χ1v) is 6.87. The lowest BCUT2D eigenvalue weighted by molar-refractivity contribution is -0.384. The number of hydrogen-bond donors (Lipinski definition) is 0. The number of nitro benzene ring substituents is 1. The van der Waals surface area contributed by atoms with Crippen molar-refractivity contribution in [3.8, 4) is 0 Å². The van der Waals surface area contributed by atoms with Crippen LogP contribution in [0.4, 0.5) is 5.69 Å². The van der Waals surface area contributed by atoms with Gasteiger partial charge in [0.1, 0.15) is 6.04 Å². The van der Waals surface area contributed by atoms with Gasteiger partial charge in [0.15, 0.2) is 5.78 Å². The lowest BCUT2D eigenvalue weighted by Crippen LogP contribution is -2.24. The van der Waals surface area contributed by atoms with Gasteiger partial charge < -0.3 is 0 Å². The van der Waals surface area contributed by atoms with Gasteiger partial charge in [-0.15, -0.1) is 0 Å². The molecule has 110 valence electrons. The first-order chi connectivity index (χ1) is 10.7. The monoisotopic (exact) mass is 295 g/mol. The zero-order valence-electron chi connectivity index (χ0n) is 11.6. The molecular formula is C16H13N3O3. The lowest BCUT2D eigenvalue weighted by atomic mass is 9.88. The first kappa shape index (κ1) is 14.1. The van der Waals surface area contributed by atoms with Crippen molar-refractivity contribution in [3.05, 3.63) is 75.8 Å². The van der Waals surface area contributed by atoms with Crippen molar-refractivity contribution in [3.63, 3.8) is 0 Å². The Bertz CT molecular complexity index is 726.